The Morgan fingerprint density at radius 1 is 1.03 bits per heavy atom. The Balaban J connectivity index is 1.62. The second-order valence-corrected chi connectivity index (χ2v) is 9.54. The third kappa shape index (κ3) is 5.52. The molecule has 1 saturated heterocycles. The number of rotatable bonds is 7. The number of hydrogen-bond donors (Lipinski definition) is 0. The maximum absolute atomic E-state index is 12.8. The summed E-state index contributed by atoms with van der Waals surface area (Å²) in [5, 5.41) is 0. The topological polar surface area (TPSA) is 70.2 Å². The van der Waals surface area contributed by atoms with Crippen LogP contribution in [0, 0.1) is 6.92 Å². The fourth-order valence-corrected chi connectivity index (χ4v) is 4.25. The number of ether oxygens (including phenoxy) is 1. The number of anilines is 1. The molecule has 0 bridgehead atoms. The van der Waals surface area contributed by atoms with E-state index in [-0.39, 0.29) is 19.0 Å². The number of para-hydroxylation sites is 2. The Labute approximate surface area is 178 Å². The molecular weight excluding hydrogens is 402 g/mol. The van der Waals surface area contributed by atoms with E-state index in [9.17, 15) is 13.2 Å². The van der Waals surface area contributed by atoms with E-state index in [4.69, 9.17) is 4.74 Å². The van der Waals surface area contributed by atoms with Crippen molar-refractivity contribution in [2.75, 3.05) is 51.0 Å². The molecule has 0 saturated carbocycles. The van der Waals surface area contributed by atoms with Crippen molar-refractivity contribution < 1.29 is 17.9 Å². The van der Waals surface area contributed by atoms with Gasteiger partial charge in [-0.15, -0.1) is 0 Å². The summed E-state index contributed by atoms with van der Waals surface area (Å²) in [6.45, 7) is 4.43. The van der Waals surface area contributed by atoms with E-state index in [0.717, 1.165) is 28.8 Å². The minimum Gasteiger partial charge on any atom is -0.495 e. The first kappa shape index (κ1) is 22.1. The van der Waals surface area contributed by atoms with Crippen LogP contribution in [0.15, 0.2) is 48.5 Å². The summed E-state index contributed by atoms with van der Waals surface area (Å²) in [4.78, 5) is 16.8. The summed E-state index contributed by atoms with van der Waals surface area (Å²) in [7, 11) is -1.87. The Hall–Kier alpha value is -2.58. The van der Waals surface area contributed by atoms with Crippen molar-refractivity contribution in [2.45, 2.75) is 13.5 Å². The Kier molecular flexibility index (Phi) is 6.99. The first-order chi connectivity index (χ1) is 14.3. The Morgan fingerprint density at radius 3 is 2.27 bits per heavy atom. The highest BCUT2D eigenvalue weighted by atomic mass is 32.2. The maximum atomic E-state index is 12.8. The molecule has 7 nitrogen and oxygen atoms in total. The quantitative estimate of drug-likeness (QED) is 0.672. The summed E-state index contributed by atoms with van der Waals surface area (Å²) in [5.41, 5.74) is 2.97. The average Bonchev–Trinajstić information content (AvgIpc) is 2.74. The molecule has 1 heterocycles. The Morgan fingerprint density at radius 2 is 1.67 bits per heavy atom. The number of carbonyl (C=O) groups is 1. The Bertz CT molecular complexity index is 968. The molecular formula is C22H29N3O4S. The molecule has 2 aromatic carbocycles. The number of benzene rings is 2. The van der Waals surface area contributed by atoms with Gasteiger partial charge in [0.15, 0.2) is 0 Å². The number of carbonyl (C=O) groups excluding carboxylic acids is 1. The predicted molar refractivity (Wildman–Crippen MR) is 118 cm³/mol. The van der Waals surface area contributed by atoms with Gasteiger partial charge < -0.3 is 14.5 Å². The molecule has 3 rings (SSSR count). The van der Waals surface area contributed by atoms with Crippen molar-refractivity contribution in [1.82, 2.24) is 9.21 Å². The van der Waals surface area contributed by atoms with E-state index >= 15 is 0 Å². The zero-order chi connectivity index (χ0) is 21.7. The third-order valence-electron chi connectivity index (χ3n) is 5.32. The van der Waals surface area contributed by atoms with Crippen LogP contribution in [0.1, 0.15) is 11.1 Å². The summed E-state index contributed by atoms with van der Waals surface area (Å²) in [5.74, 6) is 0.630. The van der Waals surface area contributed by atoms with Gasteiger partial charge in [0, 0.05) is 32.7 Å². The molecule has 162 valence electrons. The molecule has 0 spiro atoms. The van der Waals surface area contributed by atoms with Crippen LogP contribution in [0.3, 0.4) is 0 Å². The van der Waals surface area contributed by atoms with Crippen molar-refractivity contribution in [1.29, 1.82) is 0 Å². The summed E-state index contributed by atoms with van der Waals surface area (Å²) in [6, 6.07) is 15.5. The van der Waals surface area contributed by atoms with Gasteiger partial charge in [-0.3, -0.25) is 4.79 Å². The lowest BCUT2D eigenvalue weighted by atomic mass is 10.1. The lowest BCUT2D eigenvalue weighted by molar-refractivity contribution is -0.131. The van der Waals surface area contributed by atoms with E-state index in [2.05, 4.69) is 4.90 Å². The highest BCUT2D eigenvalue weighted by Gasteiger charge is 2.27. The van der Waals surface area contributed by atoms with Crippen LogP contribution in [0.5, 0.6) is 5.75 Å². The van der Waals surface area contributed by atoms with E-state index in [1.165, 1.54) is 4.31 Å². The van der Waals surface area contributed by atoms with Crippen LogP contribution >= 0.6 is 0 Å². The molecule has 0 N–H and O–H groups in total. The zero-order valence-corrected chi connectivity index (χ0v) is 18.6. The molecule has 1 fully saturated rings. The average molecular weight is 432 g/mol. The second kappa shape index (κ2) is 9.49. The molecule has 0 aliphatic carbocycles. The SMILES string of the molecule is COc1ccccc1N1CCN(C(=O)CN(Cc2ccc(C)cc2)S(C)(=O)=O)CC1. The van der Waals surface area contributed by atoms with Crippen LogP contribution in [0.2, 0.25) is 0 Å². The van der Waals surface area contributed by atoms with Gasteiger partial charge in [-0.25, -0.2) is 8.42 Å². The van der Waals surface area contributed by atoms with Gasteiger partial charge in [0.25, 0.3) is 0 Å². The zero-order valence-electron chi connectivity index (χ0n) is 17.7. The van der Waals surface area contributed by atoms with Gasteiger partial charge in [0.1, 0.15) is 5.75 Å². The normalized spacial score (nSPS) is 14.8. The van der Waals surface area contributed by atoms with E-state index in [1.54, 1.807) is 12.0 Å². The lowest BCUT2D eigenvalue weighted by Gasteiger charge is -2.37. The van der Waals surface area contributed by atoms with Crippen LogP contribution in [-0.2, 0) is 21.4 Å². The van der Waals surface area contributed by atoms with Crippen molar-refractivity contribution in [3.05, 3.63) is 59.7 Å². The lowest BCUT2D eigenvalue weighted by Crippen LogP contribution is -2.51. The van der Waals surface area contributed by atoms with Gasteiger partial charge in [-0.05, 0) is 24.6 Å². The van der Waals surface area contributed by atoms with Crippen LogP contribution in [-0.4, -0.2) is 69.6 Å². The molecule has 1 amide bonds. The monoisotopic (exact) mass is 431 g/mol. The predicted octanol–water partition coefficient (Wildman–Crippen LogP) is 2.11. The molecule has 1 aliphatic rings. The van der Waals surface area contributed by atoms with E-state index in [0.29, 0.717) is 26.2 Å². The largest absolute Gasteiger partial charge is 0.495 e. The van der Waals surface area contributed by atoms with Gasteiger partial charge in [0.05, 0.1) is 25.6 Å². The van der Waals surface area contributed by atoms with Crippen molar-refractivity contribution in [3.63, 3.8) is 0 Å². The summed E-state index contributed by atoms with van der Waals surface area (Å²) >= 11 is 0. The smallest absolute Gasteiger partial charge is 0.238 e. The van der Waals surface area contributed by atoms with Gasteiger partial charge in [-0.1, -0.05) is 42.0 Å². The number of methoxy groups -OCH3 is 1. The minimum absolute atomic E-state index is 0.151. The maximum Gasteiger partial charge on any atom is 0.238 e. The summed E-state index contributed by atoms with van der Waals surface area (Å²) < 4.78 is 31.2. The minimum atomic E-state index is -3.51. The fraction of sp³-hybridized carbons (Fsp3) is 0.409. The first-order valence-electron chi connectivity index (χ1n) is 9.94. The fourth-order valence-electron chi connectivity index (χ4n) is 3.53. The third-order valence-corrected chi connectivity index (χ3v) is 6.51. The number of piperazine rings is 1. The van der Waals surface area contributed by atoms with E-state index in [1.807, 2.05) is 55.5 Å². The van der Waals surface area contributed by atoms with Gasteiger partial charge >= 0.3 is 0 Å². The van der Waals surface area contributed by atoms with Crippen molar-refractivity contribution in [2.24, 2.45) is 0 Å². The number of nitrogens with zero attached hydrogens (tertiary/aromatic N) is 3. The standard InChI is InChI=1S/C22H29N3O4S/c1-18-8-10-19(11-9-18)16-25(30(3,27)28)17-22(26)24-14-12-23(13-15-24)20-6-4-5-7-21(20)29-2/h4-11H,12-17H2,1-3H3. The summed E-state index contributed by atoms with van der Waals surface area (Å²) in [6.07, 6.45) is 1.15. The molecule has 0 aromatic heterocycles. The second-order valence-electron chi connectivity index (χ2n) is 7.56. The molecule has 0 unspecified atom stereocenters. The molecule has 1 aliphatic heterocycles. The first-order valence-corrected chi connectivity index (χ1v) is 11.8. The van der Waals surface area contributed by atoms with Crippen LogP contribution < -0.4 is 9.64 Å². The molecule has 2 aromatic rings. The van der Waals surface area contributed by atoms with Crippen LogP contribution in [0.25, 0.3) is 0 Å². The number of aryl methyl sites for hydroxylation is 1. The molecule has 0 radical (unpaired) electrons. The number of hydrogen-bond acceptors (Lipinski definition) is 5. The van der Waals surface area contributed by atoms with Crippen molar-refractivity contribution in [3.8, 4) is 5.75 Å². The van der Waals surface area contributed by atoms with Gasteiger partial charge in [0.2, 0.25) is 15.9 Å². The van der Waals surface area contributed by atoms with Crippen LogP contribution in [0.4, 0.5) is 5.69 Å². The van der Waals surface area contributed by atoms with Gasteiger partial charge in [-0.2, -0.15) is 4.31 Å². The molecule has 8 heteroatoms. The van der Waals surface area contributed by atoms with E-state index < -0.39 is 10.0 Å². The molecule has 30 heavy (non-hydrogen) atoms. The molecule has 0 atom stereocenters. The number of sulfonamides is 1. The highest BCUT2D eigenvalue weighted by molar-refractivity contribution is 7.88. The number of amides is 1. The highest BCUT2D eigenvalue weighted by Crippen LogP contribution is 2.28. The van der Waals surface area contributed by atoms with Crippen molar-refractivity contribution >= 4 is 21.6 Å².